The molecule has 10 nitrogen and oxygen atoms in total. The van der Waals surface area contributed by atoms with Crippen molar-refractivity contribution >= 4 is 35.3 Å². The van der Waals surface area contributed by atoms with Gasteiger partial charge in [-0.25, -0.2) is 19.8 Å². The minimum atomic E-state index is -0.524. The Labute approximate surface area is 209 Å². The molecule has 2 unspecified atom stereocenters. The number of hydrogen-bond donors (Lipinski definition) is 0. The third-order valence-electron chi connectivity index (χ3n) is 6.71. The first-order valence-electron chi connectivity index (χ1n) is 11.8. The molecule has 2 atom stereocenters. The summed E-state index contributed by atoms with van der Waals surface area (Å²) in [5.41, 5.74) is 2.13. The summed E-state index contributed by atoms with van der Waals surface area (Å²) in [5, 5.41) is 0.718. The zero-order valence-corrected chi connectivity index (χ0v) is 21.1. The molecule has 3 aliphatic rings. The normalized spacial score (nSPS) is 22.6. The number of carbonyl (C=O) groups is 2. The fourth-order valence-corrected chi connectivity index (χ4v) is 5.60. The van der Waals surface area contributed by atoms with Gasteiger partial charge in [0.05, 0.1) is 0 Å². The Hall–Kier alpha value is -3.34. The zero-order valence-electron chi connectivity index (χ0n) is 20.2. The lowest BCUT2D eigenvalue weighted by atomic mass is 10.1. The van der Waals surface area contributed by atoms with Gasteiger partial charge in [-0.15, -0.1) is 0 Å². The summed E-state index contributed by atoms with van der Waals surface area (Å²) in [6, 6.07) is 11.4. The Morgan fingerprint density at radius 2 is 1.71 bits per heavy atom. The molecule has 0 N–H and O–H groups in total. The Kier molecular flexibility index (Phi) is 6.50. The minimum Gasteiger partial charge on any atom is -0.368 e. The molecular weight excluding hydrogens is 464 g/mol. The van der Waals surface area contributed by atoms with Crippen molar-refractivity contribution in [2.75, 3.05) is 57.5 Å². The number of hydrogen-bond acceptors (Lipinski definition) is 9. The highest BCUT2D eigenvalue weighted by Crippen LogP contribution is 2.29. The molecule has 0 bridgehead atoms. The van der Waals surface area contributed by atoms with Gasteiger partial charge in [0.1, 0.15) is 0 Å². The van der Waals surface area contributed by atoms with Crippen molar-refractivity contribution in [3.63, 3.8) is 0 Å². The quantitative estimate of drug-likeness (QED) is 0.458. The van der Waals surface area contributed by atoms with E-state index in [-0.39, 0.29) is 11.9 Å². The molecule has 35 heavy (non-hydrogen) atoms. The van der Waals surface area contributed by atoms with Crippen LogP contribution in [0.25, 0.3) is 0 Å². The lowest BCUT2D eigenvalue weighted by Crippen LogP contribution is -2.65. The standard InChI is InChI=1S/C24H30N8O2S/c1-17-9-10-25-22(26-17)35-16-15-32-19-20(28(2)24(34)29(3)21(19)33)27-23(32)31-13-11-30(12-14-31)18-7-5-4-6-8-18/h4-10,19-20H,11-16H2,1-3H3. The van der Waals surface area contributed by atoms with Crippen LogP contribution in [0.2, 0.25) is 0 Å². The number of piperazine rings is 1. The number of anilines is 1. The molecule has 2 fully saturated rings. The number of fused-ring (bicyclic) bond motifs is 1. The third-order valence-corrected chi connectivity index (χ3v) is 7.55. The largest absolute Gasteiger partial charge is 0.368 e. The number of urea groups is 1. The number of likely N-dealkylation sites (N-methyl/N-ethyl adjacent to an activating group) is 2. The van der Waals surface area contributed by atoms with Crippen molar-refractivity contribution in [3.05, 3.63) is 48.3 Å². The fourth-order valence-electron chi connectivity index (χ4n) is 4.79. The van der Waals surface area contributed by atoms with Crippen LogP contribution in [-0.4, -0.2) is 112 Å². The lowest BCUT2D eigenvalue weighted by molar-refractivity contribution is -0.136. The van der Waals surface area contributed by atoms with Crippen LogP contribution in [0, 0.1) is 6.92 Å². The van der Waals surface area contributed by atoms with Gasteiger partial charge in [-0.3, -0.25) is 9.69 Å². The summed E-state index contributed by atoms with van der Waals surface area (Å²) in [4.78, 5) is 49.0. The monoisotopic (exact) mass is 494 g/mol. The first-order valence-corrected chi connectivity index (χ1v) is 12.8. The fraction of sp³-hybridized carbons (Fsp3) is 0.458. The molecule has 0 saturated carbocycles. The van der Waals surface area contributed by atoms with Crippen LogP contribution in [0.4, 0.5) is 10.5 Å². The highest BCUT2D eigenvalue weighted by molar-refractivity contribution is 7.99. The van der Waals surface area contributed by atoms with Gasteiger partial charge in [0.15, 0.2) is 23.3 Å². The predicted octanol–water partition coefficient (Wildman–Crippen LogP) is 1.59. The maximum atomic E-state index is 13.2. The van der Waals surface area contributed by atoms with Crippen molar-refractivity contribution in [1.82, 2.24) is 29.6 Å². The number of amides is 3. The number of thioether (sulfide) groups is 1. The number of aromatic nitrogens is 2. The van der Waals surface area contributed by atoms with E-state index in [1.54, 1.807) is 37.0 Å². The Morgan fingerprint density at radius 3 is 2.43 bits per heavy atom. The van der Waals surface area contributed by atoms with Crippen LogP contribution in [0.15, 0.2) is 52.7 Å². The van der Waals surface area contributed by atoms with Crippen molar-refractivity contribution in [3.8, 4) is 0 Å². The maximum absolute atomic E-state index is 13.2. The topological polar surface area (TPSA) is 88.5 Å². The molecule has 3 amide bonds. The van der Waals surface area contributed by atoms with E-state index in [1.807, 2.05) is 19.1 Å². The second-order valence-electron chi connectivity index (χ2n) is 8.91. The number of benzene rings is 1. The number of para-hydroxylation sites is 1. The molecule has 3 aliphatic heterocycles. The Bertz CT molecular complexity index is 1120. The Balaban J connectivity index is 1.34. The zero-order chi connectivity index (χ0) is 24.5. The molecule has 1 aromatic heterocycles. The molecule has 4 heterocycles. The molecule has 2 saturated heterocycles. The van der Waals surface area contributed by atoms with E-state index in [2.05, 4.69) is 48.9 Å². The van der Waals surface area contributed by atoms with Gasteiger partial charge in [0.25, 0.3) is 5.91 Å². The van der Waals surface area contributed by atoms with Gasteiger partial charge in [-0.2, -0.15) is 0 Å². The molecule has 0 radical (unpaired) electrons. The summed E-state index contributed by atoms with van der Waals surface area (Å²) in [6.07, 6.45) is 1.24. The molecule has 0 aliphatic carbocycles. The highest BCUT2D eigenvalue weighted by Gasteiger charge is 2.52. The summed E-state index contributed by atoms with van der Waals surface area (Å²) in [7, 11) is 3.26. The van der Waals surface area contributed by atoms with Crippen LogP contribution in [0.1, 0.15) is 5.69 Å². The van der Waals surface area contributed by atoms with Gasteiger partial charge in [-0.1, -0.05) is 30.0 Å². The van der Waals surface area contributed by atoms with E-state index in [1.165, 1.54) is 10.6 Å². The van der Waals surface area contributed by atoms with E-state index in [0.717, 1.165) is 43.0 Å². The van der Waals surface area contributed by atoms with Gasteiger partial charge in [-0.05, 0) is 25.1 Å². The first-order chi connectivity index (χ1) is 16.9. The molecule has 1 aromatic carbocycles. The molecule has 184 valence electrons. The third kappa shape index (κ3) is 4.52. The van der Waals surface area contributed by atoms with E-state index in [9.17, 15) is 9.59 Å². The van der Waals surface area contributed by atoms with E-state index in [4.69, 9.17) is 4.99 Å². The highest BCUT2D eigenvalue weighted by atomic mass is 32.2. The van der Waals surface area contributed by atoms with Crippen LogP contribution in [0.5, 0.6) is 0 Å². The average molecular weight is 495 g/mol. The maximum Gasteiger partial charge on any atom is 0.328 e. The van der Waals surface area contributed by atoms with Crippen molar-refractivity contribution in [1.29, 1.82) is 0 Å². The number of guanidine groups is 1. The molecular formula is C24H30N8O2S. The molecule has 11 heteroatoms. The van der Waals surface area contributed by atoms with Gasteiger partial charge in [0, 0.05) is 70.2 Å². The van der Waals surface area contributed by atoms with Crippen LogP contribution in [0.3, 0.4) is 0 Å². The summed E-state index contributed by atoms with van der Waals surface area (Å²) in [5.74, 6) is 1.28. The Morgan fingerprint density at radius 1 is 1.00 bits per heavy atom. The van der Waals surface area contributed by atoms with E-state index in [0.29, 0.717) is 12.3 Å². The smallest absolute Gasteiger partial charge is 0.328 e. The van der Waals surface area contributed by atoms with E-state index >= 15 is 0 Å². The lowest BCUT2D eigenvalue weighted by Gasteiger charge is -2.42. The predicted molar refractivity (Wildman–Crippen MR) is 135 cm³/mol. The van der Waals surface area contributed by atoms with Crippen molar-refractivity contribution in [2.24, 2.45) is 4.99 Å². The summed E-state index contributed by atoms with van der Waals surface area (Å²) in [6.45, 7) is 5.85. The number of aliphatic imine (C=N–C) groups is 1. The number of imide groups is 1. The van der Waals surface area contributed by atoms with Crippen molar-refractivity contribution in [2.45, 2.75) is 24.3 Å². The minimum absolute atomic E-state index is 0.212. The second kappa shape index (κ2) is 9.73. The molecule has 2 aromatic rings. The van der Waals surface area contributed by atoms with Gasteiger partial charge >= 0.3 is 6.03 Å². The number of nitrogens with zero attached hydrogens (tertiary/aromatic N) is 8. The van der Waals surface area contributed by atoms with Crippen LogP contribution in [-0.2, 0) is 4.79 Å². The number of rotatable bonds is 5. The molecule has 5 rings (SSSR count). The second-order valence-corrected chi connectivity index (χ2v) is 9.97. The summed E-state index contributed by atoms with van der Waals surface area (Å²) < 4.78 is 0. The van der Waals surface area contributed by atoms with Crippen molar-refractivity contribution < 1.29 is 9.59 Å². The first kappa shape index (κ1) is 23.4. The van der Waals surface area contributed by atoms with Gasteiger partial charge < -0.3 is 19.6 Å². The summed E-state index contributed by atoms with van der Waals surface area (Å²) >= 11 is 1.56. The number of aryl methyl sites for hydroxylation is 1. The number of carbonyl (C=O) groups excluding carboxylic acids is 2. The van der Waals surface area contributed by atoms with E-state index < -0.39 is 12.2 Å². The molecule has 0 spiro atoms. The van der Waals surface area contributed by atoms with Crippen LogP contribution < -0.4 is 4.90 Å². The van der Waals surface area contributed by atoms with Gasteiger partial charge in [0.2, 0.25) is 0 Å². The SMILES string of the molecule is Cc1ccnc(SCCN2C(N3CCN(c4ccccc4)CC3)=NC3C2C(=O)N(C)C(=O)N3C)n1. The van der Waals surface area contributed by atoms with Crippen LogP contribution >= 0.6 is 11.8 Å². The average Bonchev–Trinajstić information content (AvgIpc) is 3.26.